The number of rotatable bonds is 1. The molecule has 100 valence electrons. The average Bonchev–Trinajstić information content (AvgIpc) is 2.41. The number of benzene rings is 3. The van der Waals surface area contributed by atoms with Crippen molar-refractivity contribution >= 4 is 34.2 Å². The average molecular weight is 260 g/mol. The maximum atomic E-state index is 4.20. The molecule has 0 aromatic heterocycles. The van der Waals surface area contributed by atoms with Gasteiger partial charge in [-0.1, -0.05) is 76.4 Å². The third-order valence-corrected chi connectivity index (χ3v) is 4.06. The molecule has 0 heteroatoms. The first-order valence-electron chi connectivity index (χ1n) is 7.03. The van der Waals surface area contributed by atoms with Crippen LogP contribution in [0.2, 0.25) is 0 Å². The molecule has 0 unspecified atom stereocenters. The standard InChI is InChI=1S/C20H20/c1-6-14-9-11-16-17(20(3,4)5)12-10-15-8-7-13(2)18(14)19(15)16/h6-12H,1-2H2,3-5H3. The zero-order valence-electron chi connectivity index (χ0n) is 12.5. The summed E-state index contributed by atoms with van der Waals surface area (Å²) in [6.45, 7) is 14.9. The predicted octanol–water partition coefficient (Wildman–Crippen LogP) is 5.06. The Bertz CT molecular complexity index is 861. The van der Waals surface area contributed by atoms with Crippen molar-refractivity contribution in [3.8, 4) is 0 Å². The van der Waals surface area contributed by atoms with Gasteiger partial charge in [0.25, 0.3) is 0 Å². The quantitative estimate of drug-likeness (QED) is 0.573. The van der Waals surface area contributed by atoms with E-state index in [4.69, 9.17) is 0 Å². The molecule has 3 aromatic carbocycles. The van der Waals surface area contributed by atoms with Crippen LogP contribution in [0.1, 0.15) is 31.9 Å². The molecule has 0 heterocycles. The molecule has 0 amide bonds. The molecule has 0 bridgehead atoms. The minimum absolute atomic E-state index is 0.133. The highest BCUT2D eigenvalue weighted by atomic mass is 14.2. The second-order valence-electron chi connectivity index (χ2n) is 6.47. The van der Waals surface area contributed by atoms with Gasteiger partial charge in [-0.25, -0.2) is 0 Å². The lowest BCUT2D eigenvalue weighted by Gasteiger charge is -2.23. The molecule has 0 atom stereocenters. The monoisotopic (exact) mass is 260 g/mol. The first-order chi connectivity index (χ1) is 9.43. The maximum absolute atomic E-state index is 4.20. The van der Waals surface area contributed by atoms with E-state index in [1.807, 2.05) is 6.08 Å². The van der Waals surface area contributed by atoms with E-state index in [9.17, 15) is 0 Å². The molecule has 0 saturated carbocycles. The summed E-state index contributed by atoms with van der Waals surface area (Å²) in [6, 6.07) is 13.1. The summed E-state index contributed by atoms with van der Waals surface area (Å²) >= 11 is 0. The van der Waals surface area contributed by atoms with Gasteiger partial charge in [-0.2, -0.15) is 0 Å². The molecule has 3 rings (SSSR count). The largest absolute Gasteiger partial charge is 0.0984 e. The van der Waals surface area contributed by atoms with E-state index in [-0.39, 0.29) is 5.41 Å². The van der Waals surface area contributed by atoms with Crippen LogP contribution >= 0.6 is 0 Å². The lowest BCUT2D eigenvalue weighted by atomic mass is 9.81. The van der Waals surface area contributed by atoms with E-state index in [0.717, 1.165) is 5.22 Å². The van der Waals surface area contributed by atoms with E-state index in [2.05, 4.69) is 70.3 Å². The van der Waals surface area contributed by atoms with Gasteiger partial charge < -0.3 is 0 Å². The van der Waals surface area contributed by atoms with Crippen LogP contribution in [0.25, 0.3) is 34.2 Å². The van der Waals surface area contributed by atoms with E-state index >= 15 is 0 Å². The van der Waals surface area contributed by atoms with Crippen molar-refractivity contribution in [2.75, 3.05) is 0 Å². The molecule has 0 nitrogen and oxygen atoms in total. The van der Waals surface area contributed by atoms with Crippen molar-refractivity contribution in [2.24, 2.45) is 0 Å². The van der Waals surface area contributed by atoms with Gasteiger partial charge in [0.15, 0.2) is 0 Å². The fourth-order valence-corrected chi connectivity index (χ4v) is 3.07. The van der Waals surface area contributed by atoms with E-state index in [0.29, 0.717) is 0 Å². The van der Waals surface area contributed by atoms with Crippen LogP contribution < -0.4 is 5.22 Å². The second kappa shape index (κ2) is 4.21. The Hall–Kier alpha value is -2.08. The molecule has 0 radical (unpaired) electrons. The highest BCUT2D eigenvalue weighted by Crippen LogP contribution is 2.35. The smallest absolute Gasteiger partial charge is 0.00240 e. The highest BCUT2D eigenvalue weighted by molar-refractivity contribution is 6.14. The number of hydrogen-bond donors (Lipinski definition) is 0. The summed E-state index contributed by atoms with van der Waals surface area (Å²) in [4.78, 5) is 0. The molecule has 0 spiro atoms. The van der Waals surface area contributed by atoms with Crippen molar-refractivity contribution in [1.29, 1.82) is 0 Å². The van der Waals surface area contributed by atoms with Gasteiger partial charge in [0, 0.05) is 0 Å². The second-order valence-corrected chi connectivity index (χ2v) is 6.47. The molecule has 0 aliphatic carbocycles. The van der Waals surface area contributed by atoms with Gasteiger partial charge in [-0.3, -0.25) is 0 Å². The maximum Gasteiger partial charge on any atom is -0.00240 e. The molecule has 20 heavy (non-hydrogen) atoms. The first-order valence-corrected chi connectivity index (χ1v) is 7.03. The van der Waals surface area contributed by atoms with Crippen LogP contribution in [0.5, 0.6) is 0 Å². The van der Waals surface area contributed by atoms with Gasteiger partial charge >= 0.3 is 0 Å². The first kappa shape index (κ1) is 12.9. The Morgan fingerprint density at radius 3 is 2.25 bits per heavy atom. The van der Waals surface area contributed by atoms with Gasteiger partial charge in [0.2, 0.25) is 0 Å². The topological polar surface area (TPSA) is 0 Å². The van der Waals surface area contributed by atoms with Gasteiger partial charge in [0.05, 0.1) is 0 Å². The van der Waals surface area contributed by atoms with Crippen LogP contribution in [0.15, 0.2) is 43.0 Å². The molecular weight excluding hydrogens is 240 g/mol. The van der Waals surface area contributed by atoms with Crippen molar-refractivity contribution < 1.29 is 0 Å². The summed E-state index contributed by atoms with van der Waals surface area (Å²) < 4.78 is 0. The molecular formula is C20H20. The lowest BCUT2D eigenvalue weighted by Crippen LogP contribution is -2.12. The minimum atomic E-state index is 0.133. The lowest BCUT2D eigenvalue weighted by molar-refractivity contribution is 0.596. The summed E-state index contributed by atoms with van der Waals surface area (Å²) in [6.07, 6.45) is 1.92. The van der Waals surface area contributed by atoms with Crippen molar-refractivity contribution in [3.63, 3.8) is 0 Å². The third-order valence-electron chi connectivity index (χ3n) is 4.06. The summed E-state index contributed by atoms with van der Waals surface area (Å²) in [5, 5.41) is 6.24. The van der Waals surface area contributed by atoms with E-state index in [1.165, 1.54) is 32.7 Å². The summed E-state index contributed by atoms with van der Waals surface area (Å²) in [5.41, 5.74) is 2.68. The molecule has 0 saturated heterocycles. The molecule has 0 fully saturated rings. The number of hydrogen-bond acceptors (Lipinski definition) is 0. The van der Waals surface area contributed by atoms with E-state index < -0.39 is 0 Å². The van der Waals surface area contributed by atoms with E-state index in [1.54, 1.807) is 0 Å². The molecule has 0 aliphatic rings. The van der Waals surface area contributed by atoms with Crippen LogP contribution in [0.3, 0.4) is 0 Å². The zero-order valence-corrected chi connectivity index (χ0v) is 12.5. The Morgan fingerprint density at radius 2 is 1.60 bits per heavy atom. The zero-order chi connectivity index (χ0) is 14.5. The highest BCUT2D eigenvalue weighted by Gasteiger charge is 2.18. The SMILES string of the molecule is C=Cc1ccc2c(C(C)(C)C)ccc3ccc(=C)c1c32. The van der Waals surface area contributed by atoms with Crippen molar-refractivity contribution in [3.05, 3.63) is 59.3 Å². The normalized spacial score (nSPS) is 12.2. The Balaban J connectivity index is 2.63. The molecule has 0 aliphatic heterocycles. The van der Waals surface area contributed by atoms with Crippen LogP contribution in [0.4, 0.5) is 0 Å². The Kier molecular flexibility index (Phi) is 2.72. The van der Waals surface area contributed by atoms with Gasteiger partial charge in [0.1, 0.15) is 0 Å². The van der Waals surface area contributed by atoms with Crippen LogP contribution in [0, 0.1) is 0 Å². The molecule has 3 aromatic rings. The summed E-state index contributed by atoms with van der Waals surface area (Å²) in [5.74, 6) is 0. The van der Waals surface area contributed by atoms with Crippen LogP contribution in [-0.2, 0) is 5.41 Å². The van der Waals surface area contributed by atoms with Crippen LogP contribution in [-0.4, -0.2) is 0 Å². The van der Waals surface area contributed by atoms with Crippen molar-refractivity contribution in [2.45, 2.75) is 26.2 Å². The fraction of sp³-hybridized carbons (Fsp3) is 0.200. The third kappa shape index (κ3) is 1.76. The predicted molar refractivity (Wildman–Crippen MR) is 91.0 cm³/mol. The van der Waals surface area contributed by atoms with Crippen molar-refractivity contribution in [1.82, 2.24) is 0 Å². The van der Waals surface area contributed by atoms with Gasteiger partial charge in [-0.05, 0) is 43.3 Å². The Labute approximate surface area is 120 Å². The Morgan fingerprint density at radius 1 is 0.900 bits per heavy atom. The fourth-order valence-electron chi connectivity index (χ4n) is 3.07. The summed E-state index contributed by atoms with van der Waals surface area (Å²) in [7, 11) is 0. The minimum Gasteiger partial charge on any atom is -0.0984 e. The van der Waals surface area contributed by atoms with Gasteiger partial charge in [-0.15, -0.1) is 0 Å². The molecule has 0 N–H and O–H groups in total.